The maximum Gasteiger partial charge on any atom is 0.336 e. The molecule has 168 valence electrons. The summed E-state index contributed by atoms with van der Waals surface area (Å²) in [6, 6.07) is 20.4. The number of carbonyl (C=O) groups is 1. The number of aromatic nitrogens is 3. The zero-order chi connectivity index (χ0) is 23.4. The van der Waals surface area contributed by atoms with E-state index in [0.717, 1.165) is 11.3 Å². The molecule has 0 aliphatic heterocycles. The van der Waals surface area contributed by atoms with Gasteiger partial charge in [-0.25, -0.2) is 9.07 Å². The molecule has 0 bridgehead atoms. The molecule has 1 aromatic heterocycles. The van der Waals surface area contributed by atoms with Crippen molar-refractivity contribution >= 4 is 11.6 Å². The molecule has 0 aliphatic rings. The number of nitrogens with one attached hydrogen (secondary N) is 1. The van der Waals surface area contributed by atoms with Crippen LogP contribution in [0.25, 0.3) is 17.1 Å². The lowest BCUT2D eigenvalue weighted by molar-refractivity contribution is 0.102. The van der Waals surface area contributed by atoms with Crippen molar-refractivity contribution in [1.29, 1.82) is 0 Å². The second-order valence-electron chi connectivity index (χ2n) is 7.54. The number of hydrogen-bond acceptors (Lipinski definition) is 5. The molecule has 33 heavy (non-hydrogen) atoms. The number of carbonyl (C=O) groups excluding carboxylic acids is 1. The Morgan fingerprint density at radius 3 is 2.48 bits per heavy atom. The van der Waals surface area contributed by atoms with Crippen molar-refractivity contribution in [3.05, 3.63) is 84.2 Å². The zero-order valence-corrected chi connectivity index (χ0v) is 18.4. The van der Waals surface area contributed by atoms with Crippen LogP contribution in [0, 0.1) is 5.82 Å². The predicted molar refractivity (Wildman–Crippen MR) is 123 cm³/mol. The van der Waals surface area contributed by atoms with Crippen molar-refractivity contribution in [2.24, 2.45) is 0 Å². The van der Waals surface area contributed by atoms with E-state index in [4.69, 9.17) is 9.47 Å². The highest BCUT2D eigenvalue weighted by Gasteiger charge is 2.16. The Morgan fingerprint density at radius 1 is 1.03 bits per heavy atom. The van der Waals surface area contributed by atoms with Gasteiger partial charge >= 0.3 is 6.01 Å². The van der Waals surface area contributed by atoms with E-state index in [9.17, 15) is 9.18 Å². The van der Waals surface area contributed by atoms with Crippen LogP contribution in [0.3, 0.4) is 0 Å². The first-order valence-electron chi connectivity index (χ1n) is 10.4. The summed E-state index contributed by atoms with van der Waals surface area (Å²) in [5, 5.41) is 7.28. The van der Waals surface area contributed by atoms with Gasteiger partial charge in [-0.15, -0.1) is 5.10 Å². The van der Waals surface area contributed by atoms with E-state index in [0.29, 0.717) is 17.3 Å². The lowest BCUT2D eigenvalue weighted by atomic mass is 10.2. The topological polar surface area (TPSA) is 78.3 Å². The van der Waals surface area contributed by atoms with E-state index in [1.807, 2.05) is 38.1 Å². The largest absolute Gasteiger partial charge is 0.497 e. The zero-order valence-electron chi connectivity index (χ0n) is 18.4. The summed E-state index contributed by atoms with van der Waals surface area (Å²) >= 11 is 0. The number of nitrogens with zero attached hydrogens (tertiary/aromatic N) is 3. The lowest BCUT2D eigenvalue weighted by Crippen LogP contribution is -2.12. The lowest BCUT2D eigenvalue weighted by Gasteiger charge is -2.09. The van der Waals surface area contributed by atoms with E-state index in [1.165, 1.54) is 18.2 Å². The third-order valence-corrected chi connectivity index (χ3v) is 4.71. The van der Waals surface area contributed by atoms with Gasteiger partial charge in [-0.05, 0) is 68.4 Å². The minimum Gasteiger partial charge on any atom is -0.497 e. The second kappa shape index (κ2) is 9.52. The van der Waals surface area contributed by atoms with Crippen molar-refractivity contribution in [2.45, 2.75) is 20.0 Å². The summed E-state index contributed by atoms with van der Waals surface area (Å²) < 4.78 is 26.1. The Labute approximate surface area is 190 Å². The molecule has 0 fully saturated rings. The van der Waals surface area contributed by atoms with Gasteiger partial charge in [-0.2, -0.15) is 4.98 Å². The van der Waals surface area contributed by atoms with Gasteiger partial charge in [-0.1, -0.05) is 18.2 Å². The van der Waals surface area contributed by atoms with Gasteiger partial charge in [0.25, 0.3) is 5.91 Å². The van der Waals surface area contributed by atoms with E-state index < -0.39 is 11.7 Å². The third kappa shape index (κ3) is 5.17. The third-order valence-electron chi connectivity index (χ3n) is 4.71. The molecule has 1 amide bonds. The fourth-order valence-corrected chi connectivity index (χ4v) is 3.20. The van der Waals surface area contributed by atoms with Gasteiger partial charge in [0.05, 0.1) is 18.9 Å². The molecule has 0 aliphatic carbocycles. The molecule has 0 unspecified atom stereocenters. The van der Waals surface area contributed by atoms with Crippen LogP contribution >= 0.6 is 0 Å². The maximum atomic E-state index is 13.4. The number of methoxy groups -OCH3 is 1. The molecule has 1 N–H and O–H groups in total. The number of anilines is 1. The van der Waals surface area contributed by atoms with Gasteiger partial charge in [0.1, 0.15) is 11.6 Å². The first-order valence-corrected chi connectivity index (χ1v) is 10.4. The Morgan fingerprint density at radius 2 is 1.79 bits per heavy atom. The minimum atomic E-state index is -0.464. The first kappa shape index (κ1) is 22.0. The van der Waals surface area contributed by atoms with Crippen molar-refractivity contribution in [3.63, 3.8) is 0 Å². The highest BCUT2D eigenvalue weighted by Crippen LogP contribution is 2.27. The smallest absolute Gasteiger partial charge is 0.336 e. The van der Waals surface area contributed by atoms with Crippen LogP contribution in [0.5, 0.6) is 11.8 Å². The standard InChI is InChI=1S/C25H23FN4O3/c1-16(2)33-25-28-23(17-6-5-9-22(15-17)32-3)30(29-25)21-12-10-20(11-13-21)27-24(31)18-7-4-8-19(26)14-18/h4-16H,1-3H3,(H,27,31). The molecule has 3 aromatic carbocycles. The van der Waals surface area contributed by atoms with Gasteiger partial charge in [0.2, 0.25) is 0 Å². The van der Waals surface area contributed by atoms with Crippen molar-refractivity contribution in [3.8, 4) is 28.8 Å². The molecule has 0 radical (unpaired) electrons. The van der Waals surface area contributed by atoms with E-state index in [-0.39, 0.29) is 17.7 Å². The van der Waals surface area contributed by atoms with Crippen molar-refractivity contribution in [1.82, 2.24) is 14.8 Å². The average molecular weight is 446 g/mol. The predicted octanol–water partition coefficient (Wildman–Crippen LogP) is 5.12. The van der Waals surface area contributed by atoms with Crippen molar-refractivity contribution in [2.75, 3.05) is 12.4 Å². The highest BCUT2D eigenvalue weighted by molar-refractivity contribution is 6.04. The molecule has 7 nitrogen and oxygen atoms in total. The summed E-state index contributed by atoms with van der Waals surface area (Å²) in [6.45, 7) is 3.81. The fourth-order valence-electron chi connectivity index (χ4n) is 3.20. The Balaban J connectivity index is 1.63. The van der Waals surface area contributed by atoms with Gasteiger partial charge < -0.3 is 14.8 Å². The number of rotatable bonds is 7. The van der Waals surface area contributed by atoms with Gasteiger partial charge in [0.15, 0.2) is 5.82 Å². The Kier molecular flexibility index (Phi) is 6.35. The van der Waals surface area contributed by atoms with Crippen LogP contribution in [0.1, 0.15) is 24.2 Å². The molecular weight excluding hydrogens is 423 g/mol. The maximum absolute atomic E-state index is 13.4. The highest BCUT2D eigenvalue weighted by atomic mass is 19.1. The quantitative estimate of drug-likeness (QED) is 0.426. The monoisotopic (exact) mass is 446 g/mol. The SMILES string of the molecule is COc1cccc(-c2nc(OC(C)C)nn2-c2ccc(NC(=O)c3cccc(F)c3)cc2)c1. The number of benzene rings is 3. The first-order chi connectivity index (χ1) is 15.9. The average Bonchev–Trinajstić information content (AvgIpc) is 3.22. The van der Waals surface area contributed by atoms with E-state index in [1.54, 1.807) is 42.1 Å². The molecule has 8 heteroatoms. The second-order valence-corrected chi connectivity index (χ2v) is 7.54. The summed E-state index contributed by atoms with van der Waals surface area (Å²) in [4.78, 5) is 17.0. The molecule has 4 rings (SSSR count). The Bertz CT molecular complexity index is 1270. The van der Waals surface area contributed by atoms with Crippen molar-refractivity contribution < 1.29 is 18.7 Å². The summed E-state index contributed by atoms with van der Waals surface area (Å²) in [5.74, 6) is 0.422. The molecule has 4 aromatic rings. The van der Waals surface area contributed by atoms with Crippen LogP contribution in [0.15, 0.2) is 72.8 Å². The van der Waals surface area contributed by atoms with Crippen LogP contribution in [-0.4, -0.2) is 33.9 Å². The number of amides is 1. The minimum absolute atomic E-state index is 0.0839. The summed E-state index contributed by atoms with van der Waals surface area (Å²) in [6.07, 6.45) is -0.0839. The number of ether oxygens (including phenoxy) is 2. The summed E-state index contributed by atoms with van der Waals surface area (Å²) in [7, 11) is 1.61. The Hall–Kier alpha value is -4.20. The molecule has 0 atom stereocenters. The normalized spacial score (nSPS) is 10.8. The van der Waals surface area contributed by atoms with Crippen LogP contribution < -0.4 is 14.8 Å². The molecular formula is C25H23FN4O3. The molecule has 1 heterocycles. The molecule has 0 saturated carbocycles. The van der Waals surface area contributed by atoms with E-state index >= 15 is 0 Å². The van der Waals surface area contributed by atoms with Gasteiger partial charge in [0, 0.05) is 16.8 Å². The number of halogens is 1. The van der Waals surface area contributed by atoms with Crippen LogP contribution in [0.2, 0.25) is 0 Å². The summed E-state index contributed by atoms with van der Waals surface area (Å²) in [5.41, 5.74) is 2.34. The number of hydrogen-bond donors (Lipinski definition) is 1. The molecule has 0 spiro atoms. The van der Waals surface area contributed by atoms with Crippen LogP contribution in [-0.2, 0) is 0 Å². The molecule has 0 saturated heterocycles. The van der Waals surface area contributed by atoms with E-state index in [2.05, 4.69) is 15.4 Å². The fraction of sp³-hybridized carbons (Fsp3) is 0.160. The van der Waals surface area contributed by atoms with Gasteiger partial charge in [-0.3, -0.25) is 4.79 Å². The van der Waals surface area contributed by atoms with Crippen LogP contribution in [0.4, 0.5) is 10.1 Å².